The first-order valence-corrected chi connectivity index (χ1v) is 8.01. The predicted molar refractivity (Wildman–Crippen MR) is 87.7 cm³/mol. The van der Waals surface area contributed by atoms with E-state index in [0.717, 1.165) is 6.42 Å². The Bertz CT molecular complexity index is 691. The largest absolute Gasteiger partial charge is 0.471 e. The molecule has 1 aromatic carbocycles. The summed E-state index contributed by atoms with van der Waals surface area (Å²) in [5, 5.41) is 0. The molecule has 1 amide bonds. The highest BCUT2D eigenvalue weighted by Gasteiger charge is 2.28. The van der Waals surface area contributed by atoms with Crippen molar-refractivity contribution in [1.29, 1.82) is 0 Å². The third-order valence-electron chi connectivity index (χ3n) is 3.99. The lowest BCUT2D eigenvalue weighted by atomic mass is 10.1. The number of carbonyl (C=O) groups is 2. The van der Waals surface area contributed by atoms with Crippen LogP contribution in [-0.4, -0.2) is 45.8 Å². The van der Waals surface area contributed by atoms with Gasteiger partial charge >= 0.3 is 0 Å². The maximum atomic E-state index is 12.3. The summed E-state index contributed by atoms with van der Waals surface area (Å²) in [5.74, 6) is 0.455. The Morgan fingerprint density at radius 2 is 2.00 bits per heavy atom. The molecule has 3 rings (SSSR count). The van der Waals surface area contributed by atoms with Gasteiger partial charge in [0, 0.05) is 43.8 Å². The molecular formula is C18H19N3O3. The van der Waals surface area contributed by atoms with E-state index in [2.05, 4.69) is 9.97 Å². The van der Waals surface area contributed by atoms with Gasteiger partial charge in [-0.3, -0.25) is 14.6 Å². The van der Waals surface area contributed by atoms with Crippen molar-refractivity contribution in [2.24, 2.45) is 0 Å². The molecule has 1 unspecified atom stereocenters. The molecule has 6 nitrogen and oxygen atoms in total. The number of rotatable bonds is 6. The Morgan fingerprint density at radius 1 is 1.17 bits per heavy atom. The fraction of sp³-hybridized carbons (Fsp3) is 0.333. The van der Waals surface area contributed by atoms with Crippen LogP contribution in [0.1, 0.15) is 29.6 Å². The van der Waals surface area contributed by atoms with Crippen molar-refractivity contribution in [2.45, 2.75) is 25.4 Å². The standard InChI is InChI=1S/C18H19N3O3/c22-16(14-4-2-1-3-5-14)6-7-18(23)21-11-8-15(13-21)24-17-12-19-9-10-20-17/h1-5,9-10,12,15H,6-8,11,13H2. The van der Waals surface area contributed by atoms with Crippen LogP contribution < -0.4 is 4.74 Å². The quantitative estimate of drug-likeness (QED) is 0.761. The lowest BCUT2D eigenvalue weighted by molar-refractivity contribution is -0.130. The van der Waals surface area contributed by atoms with Crippen LogP contribution in [-0.2, 0) is 4.79 Å². The fourth-order valence-electron chi connectivity index (χ4n) is 2.71. The van der Waals surface area contributed by atoms with E-state index >= 15 is 0 Å². The highest BCUT2D eigenvalue weighted by Crippen LogP contribution is 2.17. The monoisotopic (exact) mass is 325 g/mol. The zero-order valence-corrected chi connectivity index (χ0v) is 13.3. The van der Waals surface area contributed by atoms with Crippen LogP contribution in [0, 0.1) is 0 Å². The number of aromatic nitrogens is 2. The average molecular weight is 325 g/mol. The normalized spacial score (nSPS) is 16.8. The molecule has 0 radical (unpaired) electrons. The van der Waals surface area contributed by atoms with Crippen molar-refractivity contribution in [3.8, 4) is 5.88 Å². The second-order valence-corrected chi connectivity index (χ2v) is 5.70. The number of ketones is 1. The summed E-state index contributed by atoms with van der Waals surface area (Å²) in [6, 6.07) is 9.05. The van der Waals surface area contributed by atoms with Crippen LogP contribution in [0.15, 0.2) is 48.9 Å². The Balaban J connectivity index is 1.45. The van der Waals surface area contributed by atoms with Crippen molar-refractivity contribution in [1.82, 2.24) is 14.9 Å². The number of hydrogen-bond acceptors (Lipinski definition) is 5. The third-order valence-corrected chi connectivity index (χ3v) is 3.99. The molecule has 2 heterocycles. The molecule has 1 aliphatic heterocycles. The first-order valence-electron chi connectivity index (χ1n) is 8.01. The highest BCUT2D eigenvalue weighted by molar-refractivity contribution is 5.97. The number of benzene rings is 1. The summed E-state index contributed by atoms with van der Waals surface area (Å²) >= 11 is 0. The molecule has 24 heavy (non-hydrogen) atoms. The van der Waals surface area contributed by atoms with E-state index in [1.807, 2.05) is 18.2 Å². The first kappa shape index (κ1) is 16.1. The van der Waals surface area contributed by atoms with Crippen molar-refractivity contribution < 1.29 is 14.3 Å². The van der Waals surface area contributed by atoms with Gasteiger partial charge in [0.1, 0.15) is 6.10 Å². The summed E-state index contributed by atoms with van der Waals surface area (Å²) in [4.78, 5) is 34.1. The Morgan fingerprint density at radius 3 is 2.75 bits per heavy atom. The van der Waals surface area contributed by atoms with Gasteiger partial charge in [-0.1, -0.05) is 30.3 Å². The van der Waals surface area contributed by atoms with Crippen LogP contribution in [0.3, 0.4) is 0 Å². The smallest absolute Gasteiger partial charge is 0.232 e. The molecule has 1 aromatic heterocycles. The number of ether oxygens (including phenoxy) is 1. The summed E-state index contributed by atoms with van der Waals surface area (Å²) in [5.41, 5.74) is 0.649. The lowest BCUT2D eigenvalue weighted by Crippen LogP contribution is -2.31. The summed E-state index contributed by atoms with van der Waals surface area (Å²) in [6.07, 6.45) is 5.86. The van der Waals surface area contributed by atoms with Gasteiger partial charge in [-0.25, -0.2) is 4.98 Å². The zero-order valence-electron chi connectivity index (χ0n) is 13.3. The van der Waals surface area contributed by atoms with E-state index in [1.54, 1.807) is 35.6 Å². The van der Waals surface area contributed by atoms with E-state index in [9.17, 15) is 9.59 Å². The molecule has 0 spiro atoms. The molecule has 1 saturated heterocycles. The molecule has 1 aliphatic rings. The lowest BCUT2D eigenvalue weighted by Gasteiger charge is -2.16. The Hall–Kier alpha value is -2.76. The number of likely N-dealkylation sites (tertiary alicyclic amines) is 1. The molecule has 0 N–H and O–H groups in total. The second kappa shape index (κ2) is 7.68. The van der Waals surface area contributed by atoms with E-state index in [1.165, 1.54) is 0 Å². The highest BCUT2D eigenvalue weighted by atomic mass is 16.5. The van der Waals surface area contributed by atoms with Gasteiger partial charge in [-0.2, -0.15) is 0 Å². The number of hydrogen-bond donors (Lipinski definition) is 0. The SMILES string of the molecule is O=C(CCC(=O)N1CCC(Oc2cnccn2)C1)c1ccccc1. The maximum Gasteiger partial charge on any atom is 0.232 e. The maximum absolute atomic E-state index is 12.3. The number of Topliss-reactive ketones (excluding diaryl/α,β-unsaturated/α-hetero) is 1. The molecule has 0 aliphatic carbocycles. The van der Waals surface area contributed by atoms with E-state index < -0.39 is 0 Å². The van der Waals surface area contributed by atoms with Gasteiger partial charge in [0.15, 0.2) is 5.78 Å². The number of amides is 1. The van der Waals surface area contributed by atoms with Gasteiger partial charge in [-0.15, -0.1) is 0 Å². The van der Waals surface area contributed by atoms with Gasteiger partial charge in [0.2, 0.25) is 11.8 Å². The zero-order chi connectivity index (χ0) is 16.8. The molecule has 1 fully saturated rings. The van der Waals surface area contributed by atoms with Crippen molar-refractivity contribution in [2.75, 3.05) is 13.1 Å². The van der Waals surface area contributed by atoms with Crippen molar-refractivity contribution in [3.05, 3.63) is 54.5 Å². The van der Waals surface area contributed by atoms with E-state index in [-0.39, 0.29) is 30.6 Å². The minimum atomic E-state index is -0.0736. The second-order valence-electron chi connectivity index (χ2n) is 5.70. The van der Waals surface area contributed by atoms with Crippen molar-refractivity contribution >= 4 is 11.7 Å². The number of nitrogens with zero attached hydrogens (tertiary/aromatic N) is 3. The van der Waals surface area contributed by atoms with E-state index in [0.29, 0.717) is 24.5 Å². The molecular weight excluding hydrogens is 306 g/mol. The van der Waals surface area contributed by atoms with Crippen LogP contribution in [0.2, 0.25) is 0 Å². The van der Waals surface area contributed by atoms with Gasteiger partial charge in [0.05, 0.1) is 12.7 Å². The number of carbonyl (C=O) groups excluding carboxylic acids is 2. The summed E-state index contributed by atoms with van der Waals surface area (Å²) < 4.78 is 5.72. The fourth-order valence-corrected chi connectivity index (χ4v) is 2.71. The average Bonchev–Trinajstić information content (AvgIpc) is 3.09. The Kier molecular flexibility index (Phi) is 5.15. The Labute approximate surface area is 140 Å². The van der Waals surface area contributed by atoms with Crippen molar-refractivity contribution in [3.63, 3.8) is 0 Å². The molecule has 1 atom stereocenters. The molecule has 6 heteroatoms. The van der Waals surface area contributed by atoms with Crippen LogP contribution in [0.4, 0.5) is 0 Å². The molecule has 2 aromatic rings. The molecule has 124 valence electrons. The minimum absolute atomic E-state index is 0.00416. The van der Waals surface area contributed by atoms with Crippen LogP contribution in [0.5, 0.6) is 5.88 Å². The summed E-state index contributed by atoms with van der Waals surface area (Å²) in [6.45, 7) is 1.16. The van der Waals surface area contributed by atoms with Crippen LogP contribution >= 0.6 is 0 Å². The molecule has 0 bridgehead atoms. The van der Waals surface area contributed by atoms with Gasteiger partial charge in [-0.05, 0) is 0 Å². The predicted octanol–water partition coefficient (Wildman–Crippen LogP) is 2.12. The first-order chi connectivity index (χ1) is 11.7. The summed E-state index contributed by atoms with van der Waals surface area (Å²) in [7, 11) is 0. The minimum Gasteiger partial charge on any atom is -0.471 e. The topological polar surface area (TPSA) is 72.4 Å². The third kappa shape index (κ3) is 4.16. The van der Waals surface area contributed by atoms with Gasteiger partial charge < -0.3 is 9.64 Å². The van der Waals surface area contributed by atoms with E-state index in [4.69, 9.17) is 4.74 Å². The molecule has 0 saturated carbocycles. The van der Waals surface area contributed by atoms with Gasteiger partial charge in [0.25, 0.3) is 0 Å². The van der Waals surface area contributed by atoms with Crippen LogP contribution in [0.25, 0.3) is 0 Å².